The maximum Gasteiger partial charge on any atom is 0.191 e. The molecule has 2 nitrogen and oxygen atoms in total. The lowest BCUT2D eigenvalue weighted by atomic mass is 10.2. The molecule has 0 bridgehead atoms. The molecule has 0 fully saturated rings. The lowest BCUT2D eigenvalue weighted by Crippen LogP contribution is -2.43. The SMILES string of the molecule is CC(C)(C)[Si](C)(C)OCCC[Si](C)(C)O[Si](C)(C)C. The minimum Gasteiger partial charge on any atom is -0.456 e. The van der Waals surface area contributed by atoms with E-state index in [9.17, 15) is 0 Å². The lowest BCUT2D eigenvalue weighted by Gasteiger charge is -2.36. The third-order valence-electron chi connectivity index (χ3n) is 3.77. The van der Waals surface area contributed by atoms with Crippen LogP contribution in [0, 0.1) is 0 Å². The monoisotopic (exact) mass is 320 g/mol. The Morgan fingerprint density at radius 1 is 0.842 bits per heavy atom. The number of hydrogen-bond acceptors (Lipinski definition) is 2. The fraction of sp³-hybridized carbons (Fsp3) is 1.00. The quantitative estimate of drug-likeness (QED) is 0.458. The fourth-order valence-electron chi connectivity index (χ4n) is 1.92. The van der Waals surface area contributed by atoms with Crippen molar-refractivity contribution < 1.29 is 8.54 Å². The van der Waals surface area contributed by atoms with Gasteiger partial charge in [0.25, 0.3) is 0 Å². The lowest BCUT2D eigenvalue weighted by molar-refractivity contribution is 0.286. The maximum absolute atomic E-state index is 6.36. The first-order valence-electron chi connectivity index (χ1n) is 7.50. The van der Waals surface area contributed by atoms with Crippen molar-refractivity contribution in [3.63, 3.8) is 0 Å². The number of hydrogen-bond donors (Lipinski definition) is 0. The van der Waals surface area contributed by atoms with E-state index in [2.05, 4.69) is 66.6 Å². The van der Waals surface area contributed by atoms with Crippen molar-refractivity contribution in [3.8, 4) is 0 Å². The van der Waals surface area contributed by atoms with E-state index < -0.39 is 25.0 Å². The zero-order valence-electron chi connectivity index (χ0n) is 14.9. The molecule has 0 N–H and O–H groups in total. The number of rotatable bonds is 7. The van der Waals surface area contributed by atoms with Crippen LogP contribution in [0.5, 0.6) is 0 Å². The largest absolute Gasteiger partial charge is 0.456 e. The molecule has 0 rings (SSSR count). The predicted octanol–water partition coefficient (Wildman–Crippen LogP) is 5.45. The fourth-order valence-corrected chi connectivity index (χ4v) is 11.0. The molecule has 0 aromatic rings. The molecule has 116 valence electrons. The van der Waals surface area contributed by atoms with Gasteiger partial charge >= 0.3 is 0 Å². The molecule has 0 amide bonds. The van der Waals surface area contributed by atoms with Crippen LogP contribution in [0.15, 0.2) is 0 Å². The van der Waals surface area contributed by atoms with Gasteiger partial charge in [0.15, 0.2) is 25.0 Å². The minimum absolute atomic E-state index is 0.314. The Bertz CT molecular complexity index is 275. The molecule has 0 aliphatic heterocycles. The summed E-state index contributed by atoms with van der Waals surface area (Å²) in [4.78, 5) is 0. The van der Waals surface area contributed by atoms with Gasteiger partial charge in [0.1, 0.15) is 0 Å². The van der Waals surface area contributed by atoms with Crippen LogP contribution in [0.4, 0.5) is 0 Å². The van der Waals surface area contributed by atoms with Crippen LogP contribution < -0.4 is 0 Å². The van der Waals surface area contributed by atoms with Crippen molar-refractivity contribution in [2.24, 2.45) is 0 Å². The van der Waals surface area contributed by atoms with Gasteiger partial charge in [0.2, 0.25) is 0 Å². The Kier molecular flexibility index (Phi) is 6.75. The molecule has 0 atom stereocenters. The Balaban J connectivity index is 4.12. The molecule has 19 heavy (non-hydrogen) atoms. The first-order valence-corrected chi connectivity index (χ1v) is 16.9. The Labute approximate surface area is 124 Å². The van der Waals surface area contributed by atoms with Crippen LogP contribution in [-0.2, 0) is 8.54 Å². The van der Waals surface area contributed by atoms with Gasteiger partial charge in [-0.05, 0) is 63.3 Å². The van der Waals surface area contributed by atoms with Gasteiger partial charge in [-0.2, -0.15) is 0 Å². The summed E-state index contributed by atoms with van der Waals surface area (Å²) in [6.07, 6.45) is 1.15. The van der Waals surface area contributed by atoms with Crippen molar-refractivity contribution in [1.82, 2.24) is 0 Å². The van der Waals surface area contributed by atoms with E-state index in [-0.39, 0.29) is 0 Å². The summed E-state index contributed by atoms with van der Waals surface area (Å²) in [6, 6.07) is 1.21. The second kappa shape index (κ2) is 6.56. The highest BCUT2D eigenvalue weighted by Gasteiger charge is 2.37. The van der Waals surface area contributed by atoms with Gasteiger partial charge in [0.05, 0.1) is 0 Å². The highest BCUT2D eigenvalue weighted by atomic mass is 28.4. The van der Waals surface area contributed by atoms with Gasteiger partial charge in [-0.3, -0.25) is 0 Å². The Morgan fingerprint density at radius 2 is 1.32 bits per heavy atom. The zero-order chi connectivity index (χ0) is 15.5. The van der Waals surface area contributed by atoms with Crippen LogP contribution in [0.3, 0.4) is 0 Å². The van der Waals surface area contributed by atoms with Crippen molar-refractivity contribution >= 4 is 25.0 Å². The van der Waals surface area contributed by atoms with E-state index in [0.717, 1.165) is 13.0 Å². The third-order valence-corrected chi connectivity index (χ3v) is 14.5. The summed E-state index contributed by atoms with van der Waals surface area (Å²) in [5, 5.41) is 0.314. The molecule has 5 heteroatoms. The van der Waals surface area contributed by atoms with Gasteiger partial charge in [-0.25, -0.2) is 0 Å². The van der Waals surface area contributed by atoms with Crippen LogP contribution in [0.1, 0.15) is 27.2 Å². The molecular formula is C14H36O2Si3. The minimum atomic E-state index is -1.56. The summed E-state index contributed by atoms with van der Waals surface area (Å²) in [7, 11) is -4.44. The summed E-state index contributed by atoms with van der Waals surface area (Å²) in [5.41, 5.74) is 0. The van der Waals surface area contributed by atoms with Crippen molar-refractivity contribution in [2.75, 3.05) is 6.61 Å². The molecule has 0 heterocycles. The van der Waals surface area contributed by atoms with Gasteiger partial charge in [0, 0.05) is 6.61 Å². The molecule has 0 aliphatic rings. The van der Waals surface area contributed by atoms with E-state index >= 15 is 0 Å². The second-order valence-electron chi connectivity index (χ2n) is 8.69. The van der Waals surface area contributed by atoms with Crippen molar-refractivity contribution in [3.05, 3.63) is 0 Å². The summed E-state index contributed by atoms with van der Waals surface area (Å²) >= 11 is 0. The van der Waals surface area contributed by atoms with E-state index in [4.69, 9.17) is 8.54 Å². The van der Waals surface area contributed by atoms with E-state index in [0.29, 0.717) is 5.04 Å². The van der Waals surface area contributed by atoms with Crippen LogP contribution >= 0.6 is 0 Å². The Hall–Kier alpha value is 0.571. The predicted molar refractivity (Wildman–Crippen MR) is 94.5 cm³/mol. The molecule has 0 spiro atoms. The van der Waals surface area contributed by atoms with Gasteiger partial charge < -0.3 is 8.54 Å². The highest BCUT2D eigenvalue weighted by molar-refractivity contribution is 6.84. The maximum atomic E-state index is 6.36. The second-order valence-corrected chi connectivity index (χ2v) is 22.6. The van der Waals surface area contributed by atoms with Crippen molar-refractivity contribution in [1.29, 1.82) is 0 Å². The van der Waals surface area contributed by atoms with Crippen LogP contribution in [-0.4, -0.2) is 31.6 Å². The summed E-state index contributed by atoms with van der Waals surface area (Å²) in [6.45, 7) is 24.0. The van der Waals surface area contributed by atoms with Crippen LogP contribution in [0.25, 0.3) is 0 Å². The molecule has 0 unspecified atom stereocenters. The topological polar surface area (TPSA) is 18.5 Å². The molecule has 0 aromatic carbocycles. The zero-order valence-corrected chi connectivity index (χ0v) is 17.9. The van der Waals surface area contributed by atoms with Gasteiger partial charge in [-0.15, -0.1) is 0 Å². The standard InChI is InChI=1S/C14H36O2Si3/c1-14(2,3)19(9,10)15-12-11-13-18(7,8)16-17(4,5)6/h11-13H2,1-10H3. The smallest absolute Gasteiger partial charge is 0.191 e. The first kappa shape index (κ1) is 19.6. The molecular weight excluding hydrogens is 284 g/mol. The van der Waals surface area contributed by atoms with E-state index in [1.165, 1.54) is 6.04 Å². The average molecular weight is 321 g/mol. The average Bonchev–Trinajstić information content (AvgIpc) is 2.06. The molecule has 0 saturated heterocycles. The normalized spacial score (nSPS) is 14.8. The summed E-state index contributed by atoms with van der Waals surface area (Å²) in [5.74, 6) is 0. The van der Waals surface area contributed by atoms with Crippen LogP contribution in [0.2, 0.25) is 56.9 Å². The molecule has 0 aliphatic carbocycles. The summed E-state index contributed by atoms with van der Waals surface area (Å²) < 4.78 is 12.6. The Morgan fingerprint density at radius 3 is 1.68 bits per heavy atom. The molecule has 0 aromatic heterocycles. The molecule has 0 radical (unpaired) electrons. The van der Waals surface area contributed by atoms with E-state index in [1.807, 2.05) is 0 Å². The first-order chi connectivity index (χ1) is 8.16. The van der Waals surface area contributed by atoms with E-state index in [1.54, 1.807) is 0 Å². The molecule has 0 saturated carbocycles. The van der Waals surface area contributed by atoms with Crippen molar-refractivity contribution in [2.45, 2.75) is 84.1 Å². The highest BCUT2D eigenvalue weighted by Crippen LogP contribution is 2.36. The third kappa shape index (κ3) is 8.45. The van der Waals surface area contributed by atoms with Gasteiger partial charge in [-0.1, -0.05) is 20.8 Å².